The molecule has 1 amide bonds. The fraction of sp³-hybridized carbons (Fsp3) is 0.381. The van der Waals surface area contributed by atoms with Crippen LogP contribution >= 0.6 is 0 Å². The molecule has 0 fully saturated rings. The van der Waals surface area contributed by atoms with Gasteiger partial charge in [0.2, 0.25) is 5.91 Å². The summed E-state index contributed by atoms with van der Waals surface area (Å²) >= 11 is 0. The highest BCUT2D eigenvalue weighted by Gasteiger charge is 2.16. The van der Waals surface area contributed by atoms with Gasteiger partial charge in [0.1, 0.15) is 29.5 Å². The summed E-state index contributed by atoms with van der Waals surface area (Å²) < 4.78 is 28.8. The molecule has 0 radical (unpaired) electrons. The van der Waals surface area contributed by atoms with Gasteiger partial charge in [-0.05, 0) is 43.2 Å². The summed E-state index contributed by atoms with van der Waals surface area (Å²) in [6.45, 7) is 4.05. The van der Waals surface area contributed by atoms with E-state index in [9.17, 15) is 13.6 Å². The van der Waals surface area contributed by atoms with E-state index in [4.69, 9.17) is 4.98 Å². The minimum absolute atomic E-state index is 0.0331. The number of benzene rings is 1. The number of nitrogens with one attached hydrogen (secondary N) is 1. The molecule has 2 heterocycles. The molecule has 0 atom stereocenters. The molecular weight excluding hydrogens is 362 g/mol. The summed E-state index contributed by atoms with van der Waals surface area (Å²) in [5.74, 6) is -0.572. The van der Waals surface area contributed by atoms with Gasteiger partial charge in [-0.15, -0.1) is 0 Å². The minimum Gasteiger partial charge on any atom is -0.350 e. The number of hydrogen-bond donors (Lipinski definition) is 1. The zero-order valence-corrected chi connectivity index (χ0v) is 16.1. The van der Waals surface area contributed by atoms with Crippen molar-refractivity contribution in [3.05, 3.63) is 59.0 Å². The van der Waals surface area contributed by atoms with Gasteiger partial charge < -0.3 is 9.88 Å². The maximum atomic E-state index is 13.7. The first-order valence-corrected chi connectivity index (χ1v) is 9.51. The van der Waals surface area contributed by atoms with Crippen molar-refractivity contribution >= 4 is 17.1 Å². The molecule has 0 aliphatic heterocycles. The molecule has 0 aliphatic rings. The summed E-state index contributed by atoms with van der Waals surface area (Å²) in [6, 6.07) is 5.08. The van der Waals surface area contributed by atoms with Crippen molar-refractivity contribution < 1.29 is 13.6 Å². The Balaban J connectivity index is 1.77. The van der Waals surface area contributed by atoms with Crippen LogP contribution in [0.2, 0.25) is 0 Å². The van der Waals surface area contributed by atoms with Crippen molar-refractivity contribution in [1.82, 2.24) is 19.9 Å². The first kappa shape index (κ1) is 19.9. The summed E-state index contributed by atoms with van der Waals surface area (Å²) in [7, 11) is 0. The summed E-state index contributed by atoms with van der Waals surface area (Å²) in [4.78, 5) is 21.6. The number of fused-ring (bicyclic) bond motifs is 1. The number of amides is 1. The van der Waals surface area contributed by atoms with Crippen molar-refractivity contribution in [3.8, 4) is 0 Å². The molecular formula is C21H24F2N4O. The Morgan fingerprint density at radius 3 is 2.82 bits per heavy atom. The van der Waals surface area contributed by atoms with Gasteiger partial charge in [-0.1, -0.05) is 19.8 Å². The molecule has 0 unspecified atom stereocenters. The largest absolute Gasteiger partial charge is 0.350 e. The molecule has 5 nitrogen and oxygen atoms in total. The second kappa shape index (κ2) is 8.91. The van der Waals surface area contributed by atoms with Gasteiger partial charge in [-0.3, -0.25) is 4.79 Å². The number of aromatic nitrogens is 3. The molecule has 148 valence electrons. The third kappa shape index (κ3) is 4.52. The second-order valence-corrected chi connectivity index (χ2v) is 6.88. The van der Waals surface area contributed by atoms with Gasteiger partial charge in [-0.2, -0.15) is 0 Å². The molecule has 7 heteroatoms. The average Bonchev–Trinajstić information content (AvgIpc) is 3.02. The number of carbonyl (C=O) groups is 1. The van der Waals surface area contributed by atoms with E-state index >= 15 is 0 Å². The Bertz CT molecular complexity index is 984. The van der Waals surface area contributed by atoms with Crippen molar-refractivity contribution in [2.45, 2.75) is 52.6 Å². The molecule has 1 N–H and O–H groups in total. The van der Waals surface area contributed by atoms with Crippen LogP contribution in [0.5, 0.6) is 0 Å². The lowest BCUT2D eigenvalue weighted by atomic mass is 10.2. The van der Waals surface area contributed by atoms with E-state index in [2.05, 4.69) is 17.2 Å². The van der Waals surface area contributed by atoms with Crippen LogP contribution in [0.1, 0.15) is 43.1 Å². The number of pyridine rings is 1. The van der Waals surface area contributed by atoms with Gasteiger partial charge in [-0.25, -0.2) is 18.7 Å². The van der Waals surface area contributed by atoms with Gasteiger partial charge in [0.05, 0.1) is 0 Å². The Kier molecular flexibility index (Phi) is 6.34. The van der Waals surface area contributed by atoms with Crippen LogP contribution < -0.4 is 5.32 Å². The van der Waals surface area contributed by atoms with E-state index in [1.54, 1.807) is 6.20 Å². The molecule has 2 aromatic heterocycles. The van der Waals surface area contributed by atoms with E-state index in [0.29, 0.717) is 5.65 Å². The zero-order chi connectivity index (χ0) is 20.1. The SMILES string of the molecule is CCCCCc1nc2c(C)ccnc2n1CC(=O)NCc1cc(F)ccc1F. The predicted octanol–water partition coefficient (Wildman–Crippen LogP) is 4.07. The van der Waals surface area contributed by atoms with Crippen LogP contribution in [0.3, 0.4) is 0 Å². The Morgan fingerprint density at radius 1 is 1.21 bits per heavy atom. The normalized spacial score (nSPS) is 11.1. The van der Waals surface area contributed by atoms with E-state index in [1.165, 1.54) is 0 Å². The van der Waals surface area contributed by atoms with Crippen LogP contribution in [0, 0.1) is 18.6 Å². The van der Waals surface area contributed by atoms with Crippen molar-refractivity contribution in [1.29, 1.82) is 0 Å². The van der Waals surface area contributed by atoms with E-state index < -0.39 is 11.6 Å². The standard InChI is InChI=1S/C21H24F2N4O/c1-3-4-5-6-18-26-20-14(2)9-10-24-21(20)27(18)13-19(28)25-12-15-11-16(22)7-8-17(15)23/h7-11H,3-6,12-13H2,1-2H3,(H,25,28). The van der Waals surface area contributed by atoms with E-state index in [1.807, 2.05) is 17.6 Å². The quantitative estimate of drug-likeness (QED) is 0.594. The number of rotatable bonds is 8. The third-order valence-electron chi connectivity index (χ3n) is 4.70. The lowest BCUT2D eigenvalue weighted by Gasteiger charge is -2.10. The van der Waals surface area contributed by atoms with E-state index in [-0.39, 0.29) is 24.6 Å². The predicted molar refractivity (Wildman–Crippen MR) is 104 cm³/mol. The monoisotopic (exact) mass is 386 g/mol. The summed E-state index contributed by atoms with van der Waals surface area (Å²) in [5, 5.41) is 2.66. The van der Waals surface area contributed by atoms with Crippen LogP contribution in [-0.4, -0.2) is 20.4 Å². The van der Waals surface area contributed by atoms with Crippen LogP contribution in [0.25, 0.3) is 11.2 Å². The molecule has 0 saturated carbocycles. The Morgan fingerprint density at radius 2 is 2.04 bits per heavy atom. The van der Waals surface area contributed by atoms with E-state index in [0.717, 1.165) is 60.8 Å². The zero-order valence-electron chi connectivity index (χ0n) is 16.1. The number of carbonyl (C=O) groups excluding carboxylic acids is 1. The number of aryl methyl sites for hydroxylation is 2. The van der Waals surface area contributed by atoms with Gasteiger partial charge in [0, 0.05) is 24.7 Å². The minimum atomic E-state index is -0.549. The smallest absolute Gasteiger partial charge is 0.240 e. The molecule has 0 bridgehead atoms. The molecule has 0 spiro atoms. The lowest BCUT2D eigenvalue weighted by molar-refractivity contribution is -0.121. The summed E-state index contributed by atoms with van der Waals surface area (Å²) in [5.41, 5.74) is 2.57. The fourth-order valence-corrected chi connectivity index (χ4v) is 3.15. The maximum Gasteiger partial charge on any atom is 0.240 e. The molecule has 3 rings (SSSR count). The molecule has 28 heavy (non-hydrogen) atoms. The topological polar surface area (TPSA) is 59.8 Å². The van der Waals surface area contributed by atoms with Crippen molar-refractivity contribution in [3.63, 3.8) is 0 Å². The lowest BCUT2D eigenvalue weighted by Crippen LogP contribution is -2.28. The maximum absolute atomic E-state index is 13.7. The third-order valence-corrected chi connectivity index (χ3v) is 4.70. The van der Waals surface area contributed by atoms with Crippen molar-refractivity contribution in [2.24, 2.45) is 0 Å². The van der Waals surface area contributed by atoms with Crippen LogP contribution in [-0.2, 0) is 24.3 Å². The molecule has 3 aromatic rings. The second-order valence-electron chi connectivity index (χ2n) is 6.88. The summed E-state index contributed by atoms with van der Waals surface area (Å²) in [6.07, 6.45) is 5.62. The van der Waals surface area contributed by atoms with Crippen molar-refractivity contribution in [2.75, 3.05) is 0 Å². The fourth-order valence-electron chi connectivity index (χ4n) is 3.15. The highest BCUT2D eigenvalue weighted by atomic mass is 19.1. The van der Waals surface area contributed by atoms with Gasteiger partial charge in [0.15, 0.2) is 5.65 Å². The van der Waals surface area contributed by atoms with Crippen LogP contribution in [0.15, 0.2) is 30.5 Å². The number of halogens is 2. The molecule has 0 aliphatic carbocycles. The van der Waals surface area contributed by atoms with Gasteiger partial charge in [0.25, 0.3) is 0 Å². The number of nitrogens with zero attached hydrogens (tertiary/aromatic N) is 3. The highest BCUT2D eigenvalue weighted by Crippen LogP contribution is 2.19. The number of unbranched alkanes of at least 4 members (excludes halogenated alkanes) is 2. The molecule has 1 aromatic carbocycles. The first-order valence-electron chi connectivity index (χ1n) is 9.51. The molecule has 0 saturated heterocycles. The van der Waals surface area contributed by atoms with Gasteiger partial charge >= 0.3 is 0 Å². The number of imidazole rings is 1. The Hall–Kier alpha value is -2.83. The highest BCUT2D eigenvalue weighted by molar-refractivity contribution is 5.80. The van der Waals surface area contributed by atoms with Crippen LogP contribution in [0.4, 0.5) is 8.78 Å². The number of hydrogen-bond acceptors (Lipinski definition) is 3. The Labute approximate surface area is 162 Å². The first-order chi connectivity index (χ1) is 13.5. The average molecular weight is 386 g/mol.